The van der Waals surface area contributed by atoms with Crippen LogP contribution in [0.1, 0.15) is 24.1 Å². The van der Waals surface area contributed by atoms with Crippen molar-refractivity contribution in [2.75, 3.05) is 11.1 Å². The quantitative estimate of drug-likeness (QED) is 0.755. The zero-order valence-electron chi connectivity index (χ0n) is 12.0. The minimum atomic E-state index is -3.77. The van der Waals surface area contributed by atoms with E-state index < -0.39 is 10.0 Å². The van der Waals surface area contributed by atoms with Crippen molar-refractivity contribution in [1.82, 2.24) is 0 Å². The van der Waals surface area contributed by atoms with E-state index in [9.17, 15) is 8.42 Å². The van der Waals surface area contributed by atoms with Gasteiger partial charge in [0.1, 0.15) is 0 Å². The van der Waals surface area contributed by atoms with Crippen LogP contribution in [0.2, 0.25) is 0 Å². The molecule has 0 aliphatic rings. The van der Waals surface area contributed by atoms with Gasteiger partial charge < -0.3 is 11.1 Å². The summed E-state index contributed by atoms with van der Waals surface area (Å²) in [6.07, 6.45) is 0. The topological polar surface area (TPSA) is 98.2 Å². The molecule has 0 aliphatic carbocycles. The normalized spacial score (nSPS) is 12.9. The smallest absolute Gasteiger partial charge is 0.238 e. The highest BCUT2D eigenvalue weighted by Crippen LogP contribution is 2.24. The highest BCUT2D eigenvalue weighted by Gasteiger charge is 2.12. The third-order valence-corrected chi connectivity index (χ3v) is 4.11. The van der Waals surface area contributed by atoms with Gasteiger partial charge in [0.15, 0.2) is 0 Å². The van der Waals surface area contributed by atoms with Crippen molar-refractivity contribution in [2.45, 2.75) is 24.8 Å². The number of anilines is 2. The van der Waals surface area contributed by atoms with E-state index in [1.165, 1.54) is 17.7 Å². The molecule has 0 heterocycles. The lowest BCUT2D eigenvalue weighted by atomic mass is 10.1. The van der Waals surface area contributed by atoms with E-state index in [-0.39, 0.29) is 10.9 Å². The predicted molar refractivity (Wildman–Crippen MR) is 85.4 cm³/mol. The van der Waals surface area contributed by atoms with E-state index in [1.807, 2.05) is 38.1 Å². The molecule has 1 unspecified atom stereocenters. The molecule has 0 amide bonds. The van der Waals surface area contributed by atoms with Crippen LogP contribution in [0, 0.1) is 6.92 Å². The van der Waals surface area contributed by atoms with Crippen molar-refractivity contribution in [3.05, 3.63) is 53.6 Å². The van der Waals surface area contributed by atoms with Crippen LogP contribution in [0.3, 0.4) is 0 Å². The van der Waals surface area contributed by atoms with Crippen molar-refractivity contribution in [3.8, 4) is 0 Å². The molecular formula is C15H19N3O2S. The Kier molecular flexibility index (Phi) is 4.20. The molecule has 0 saturated heterocycles. The van der Waals surface area contributed by atoms with Gasteiger partial charge in [-0.15, -0.1) is 0 Å². The zero-order valence-corrected chi connectivity index (χ0v) is 12.8. The van der Waals surface area contributed by atoms with E-state index in [0.29, 0.717) is 11.4 Å². The molecule has 1 atom stereocenters. The van der Waals surface area contributed by atoms with Gasteiger partial charge in [0.05, 0.1) is 4.90 Å². The Morgan fingerprint density at radius 2 is 1.71 bits per heavy atom. The van der Waals surface area contributed by atoms with Gasteiger partial charge in [-0.3, -0.25) is 0 Å². The number of rotatable bonds is 4. The minimum Gasteiger partial charge on any atom is -0.399 e. The SMILES string of the molecule is Cc1ccc(C(C)Nc2cc(N)cc(S(N)(=O)=O)c2)cc1. The Bertz CT molecular complexity index is 740. The Labute approximate surface area is 125 Å². The lowest BCUT2D eigenvalue weighted by Gasteiger charge is -2.17. The monoisotopic (exact) mass is 305 g/mol. The summed E-state index contributed by atoms with van der Waals surface area (Å²) in [5.41, 5.74) is 8.98. The van der Waals surface area contributed by atoms with E-state index in [0.717, 1.165) is 5.56 Å². The summed E-state index contributed by atoms with van der Waals surface area (Å²) in [5, 5.41) is 8.37. The average molecular weight is 305 g/mol. The van der Waals surface area contributed by atoms with Gasteiger partial charge in [-0.05, 0) is 37.6 Å². The van der Waals surface area contributed by atoms with E-state index in [4.69, 9.17) is 10.9 Å². The average Bonchev–Trinajstić information content (AvgIpc) is 2.37. The number of nitrogen functional groups attached to an aromatic ring is 1. The summed E-state index contributed by atoms with van der Waals surface area (Å²) >= 11 is 0. The first kappa shape index (κ1) is 15.3. The molecule has 2 aromatic carbocycles. The Hall–Kier alpha value is -2.05. The van der Waals surface area contributed by atoms with Crippen molar-refractivity contribution in [3.63, 3.8) is 0 Å². The molecule has 5 nitrogen and oxygen atoms in total. The molecular weight excluding hydrogens is 286 g/mol. The molecule has 0 bridgehead atoms. The first-order valence-corrected chi connectivity index (χ1v) is 8.07. The van der Waals surface area contributed by atoms with Crippen LogP contribution in [0.4, 0.5) is 11.4 Å². The summed E-state index contributed by atoms with van der Waals surface area (Å²) < 4.78 is 22.9. The Morgan fingerprint density at radius 1 is 1.10 bits per heavy atom. The molecule has 6 heteroatoms. The van der Waals surface area contributed by atoms with Gasteiger partial charge in [-0.1, -0.05) is 29.8 Å². The number of hydrogen-bond acceptors (Lipinski definition) is 4. The standard InChI is InChI=1S/C15H19N3O2S/c1-10-3-5-12(6-4-10)11(2)18-14-7-13(16)8-15(9-14)21(17,19)20/h3-9,11,18H,16H2,1-2H3,(H2,17,19,20). The second-order valence-corrected chi connectivity index (χ2v) is 6.67. The maximum absolute atomic E-state index is 11.4. The molecule has 21 heavy (non-hydrogen) atoms. The van der Waals surface area contributed by atoms with Crippen molar-refractivity contribution in [2.24, 2.45) is 5.14 Å². The molecule has 2 aromatic rings. The fraction of sp³-hybridized carbons (Fsp3) is 0.200. The lowest BCUT2D eigenvalue weighted by molar-refractivity contribution is 0.598. The number of hydrogen-bond donors (Lipinski definition) is 3. The minimum absolute atomic E-state index is 0.00102. The zero-order chi connectivity index (χ0) is 15.6. The number of primary sulfonamides is 1. The van der Waals surface area contributed by atoms with Gasteiger partial charge >= 0.3 is 0 Å². The first-order valence-electron chi connectivity index (χ1n) is 6.52. The van der Waals surface area contributed by atoms with E-state index in [2.05, 4.69) is 5.32 Å². The number of benzene rings is 2. The number of nitrogens with one attached hydrogen (secondary N) is 1. The van der Waals surface area contributed by atoms with Gasteiger partial charge in [0.25, 0.3) is 0 Å². The maximum atomic E-state index is 11.4. The highest BCUT2D eigenvalue weighted by atomic mass is 32.2. The van der Waals surface area contributed by atoms with Gasteiger partial charge in [0, 0.05) is 17.4 Å². The maximum Gasteiger partial charge on any atom is 0.238 e. The molecule has 0 fully saturated rings. The summed E-state index contributed by atoms with van der Waals surface area (Å²) in [6, 6.07) is 12.6. The fourth-order valence-corrected chi connectivity index (χ4v) is 2.65. The van der Waals surface area contributed by atoms with Gasteiger partial charge in [-0.25, -0.2) is 13.6 Å². The van der Waals surface area contributed by atoms with Crippen molar-refractivity contribution < 1.29 is 8.42 Å². The van der Waals surface area contributed by atoms with Crippen LogP contribution in [-0.4, -0.2) is 8.42 Å². The van der Waals surface area contributed by atoms with E-state index >= 15 is 0 Å². The predicted octanol–water partition coefficient (Wildman–Crippen LogP) is 2.40. The van der Waals surface area contributed by atoms with Crippen LogP contribution in [0.5, 0.6) is 0 Å². The number of nitrogens with two attached hydrogens (primary N) is 2. The second-order valence-electron chi connectivity index (χ2n) is 5.11. The second kappa shape index (κ2) is 5.75. The third-order valence-electron chi connectivity index (χ3n) is 3.22. The molecule has 5 N–H and O–H groups in total. The van der Waals surface area contributed by atoms with Crippen LogP contribution in [0.15, 0.2) is 47.4 Å². The Morgan fingerprint density at radius 3 is 2.29 bits per heavy atom. The van der Waals surface area contributed by atoms with Gasteiger partial charge in [0.2, 0.25) is 10.0 Å². The molecule has 0 aromatic heterocycles. The van der Waals surface area contributed by atoms with E-state index in [1.54, 1.807) is 6.07 Å². The summed E-state index contributed by atoms with van der Waals surface area (Å²) in [6.45, 7) is 4.02. The molecule has 0 radical (unpaired) electrons. The van der Waals surface area contributed by atoms with Crippen molar-refractivity contribution >= 4 is 21.4 Å². The lowest BCUT2D eigenvalue weighted by Crippen LogP contribution is -2.14. The third kappa shape index (κ3) is 3.96. The van der Waals surface area contributed by atoms with Gasteiger partial charge in [-0.2, -0.15) is 0 Å². The summed E-state index contributed by atoms with van der Waals surface area (Å²) in [5.74, 6) is 0. The molecule has 0 aliphatic heterocycles. The fourth-order valence-electron chi connectivity index (χ4n) is 2.06. The van der Waals surface area contributed by atoms with Crippen LogP contribution in [-0.2, 0) is 10.0 Å². The number of aryl methyl sites for hydroxylation is 1. The molecule has 112 valence electrons. The molecule has 0 saturated carbocycles. The largest absolute Gasteiger partial charge is 0.399 e. The number of sulfonamides is 1. The molecule has 2 rings (SSSR count). The molecule has 0 spiro atoms. The van der Waals surface area contributed by atoms with Crippen LogP contribution in [0.25, 0.3) is 0 Å². The van der Waals surface area contributed by atoms with Crippen LogP contribution >= 0.6 is 0 Å². The van der Waals surface area contributed by atoms with Crippen LogP contribution < -0.4 is 16.2 Å². The summed E-state index contributed by atoms with van der Waals surface area (Å²) in [4.78, 5) is 0.00102. The van der Waals surface area contributed by atoms with Crippen molar-refractivity contribution in [1.29, 1.82) is 0 Å². The Balaban J connectivity index is 2.27. The highest BCUT2D eigenvalue weighted by molar-refractivity contribution is 7.89. The first-order chi connectivity index (χ1) is 9.75. The summed E-state index contributed by atoms with van der Waals surface area (Å²) in [7, 11) is -3.77.